The molecular formula is C28H33NO7. The molecule has 1 atom stereocenters. The zero-order chi connectivity index (χ0) is 26.1. The molecule has 3 rings (SSSR count). The molecule has 192 valence electrons. The number of ether oxygens (including phenoxy) is 5. The Kier molecular flexibility index (Phi) is 9.13. The van der Waals surface area contributed by atoms with Gasteiger partial charge < -0.3 is 29.0 Å². The molecule has 1 amide bonds. The third-order valence-electron chi connectivity index (χ3n) is 5.16. The normalized spacial score (nSPS) is 12.0. The molecule has 0 fully saturated rings. The summed E-state index contributed by atoms with van der Waals surface area (Å²) in [6, 6.07) is 18.1. The number of rotatable bonds is 10. The largest absolute Gasteiger partial charge is 0.497 e. The van der Waals surface area contributed by atoms with E-state index in [0.717, 1.165) is 10.9 Å². The number of benzene rings is 3. The molecule has 3 aromatic rings. The Balaban J connectivity index is 1.83. The first-order valence-corrected chi connectivity index (χ1v) is 11.6. The summed E-state index contributed by atoms with van der Waals surface area (Å²) in [5.74, 6) is 0.410. The number of carbonyl (C=O) groups excluding carboxylic acids is 2. The summed E-state index contributed by atoms with van der Waals surface area (Å²) in [7, 11) is 2.88. The Morgan fingerprint density at radius 1 is 0.944 bits per heavy atom. The molecule has 8 nitrogen and oxygen atoms in total. The number of methoxy groups -OCH3 is 2. The highest BCUT2D eigenvalue weighted by Crippen LogP contribution is 2.33. The van der Waals surface area contributed by atoms with Gasteiger partial charge in [-0.1, -0.05) is 42.5 Å². The number of esters is 1. The highest BCUT2D eigenvalue weighted by molar-refractivity contribution is 6.01. The second kappa shape index (κ2) is 12.3. The lowest BCUT2D eigenvalue weighted by Crippen LogP contribution is -2.44. The van der Waals surface area contributed by atoms with Crippen molar-refractivity contribution in [3.63, 3.8) is 0 Å². The number of alkyl carbamates (subject to hydrolysis) is 1. The first-order chi connectivity index (χ1) is 17.2. The maximum absolute atomic E-state index is 12.5. The molecule has 0 saturated heterocycles. The monoisotopic (exact) mass is 495 g/mol. The van der Waals surface area contributed by atoms with Gasteiger partial charge >= 0.3 is 12.1 Å². The first-order valence-electron chi connectivity index (χ1n) is 11.6. The predicted octanol–water partition coefficient (Wildman–Crippen LogP) is 5.12. The van der Waals surface area contributed by atoms with E-state index in [0.29, 0.717) is 23.5 Å². The SMILES string of the molecule is COC(=O)c1ccc2ccc(OC)cc2c1OCC(COCc1ccccc1)NC(=O)OC(C)(C)C. The molecule has 36 heavy (non-hydrogen) atoms. The lowest BCUT2D eigenvalue weighted by molar-refractivity contribution is 0.0379. The van der Waals surface area contributed by atoms with Gasteiger partial charge in [0.1, 0.15) is 29.3 Å². The second-order valence-corrected chi connectivity index (χ2v) is 9.18. The van der Waals surface area contributed by atoms with E-state index in [-0.39, 0.29) is 18.8 Å². The van der Waals surface area contributed by atoms with Gasteiger partial charge in [0.15, 0.2) is 0 Å². The van der Waals surface area contributed by atoms with Crippen molar-refractivity contribution in [1.82, 2.24) is 5.32 Å². The molecule has 0 aliphatic rings. The van der Waals surface area contributed by atoms with Crippen LogP contribution in [-0.4, -0.2) is 51.1 Å². The summed E-state index contributed by atoms with van der Waals surface area (Å²) < 4.78 is 27.8. The first kappa shape index (κ1) is 26.8. The van der Waals surface area contributed by atoms with Crippen LogP contribution in [0, 0.1) is 0 Å². The fraction of sp³-hybridized carbons (Fsp3) is 0.357. The highest BCUT2D eigenvalue weighted by atomic mass is 16.6. The van der Waals surface area contributed by atoms with Crippen molar-refractivity contribution in [2.75, 3.05) is 27.4 Å². The van der Waals surface area contributed by atoms with Gasteiger partial charge in [0.25, 0.3) is 0 Å². The van der Waals surface area contributed by atoms with Crippen LogP contribution in [0.2, 0.25) is 0 Å². The van der Waals surface area contributed by atoms with Crippen LogP contribution in [0.25, 0.3) is 10.8 Å². The van der Waals surface area contributed by atoms with E-state index >= 15 is 0 Å². The summed E-state index contributed by atoms with van der Waals surface area (Å²) in [5, 5.41) is 4.35. The Hall–Kier alpha value is -3.78. The fourth-order valence-electron chi connectivity index (χ4n) is 3.51. The molecule has 3 aromatic carbocycles. The number of hydrogen-bond acceptors (Lipinski definition) is 7. The number of nitrogens with one attached hydrogen (secondary N) is 1. The van der Waals surface area contributed by atoms with Crippen molar-refractivity contribution in [1.29, 1.82) is 0 Å². The lowest BCUT2D eigenvalue weighted by Gasteiger charge is -2.24. The van der Waals surface area contributed by atoms with Gasteiger partial charge in [-0.25, -0.2) is 9.59 Å². The number of carbonyl (C=O) groups is 2. The van der Waals surface area contributed by atoms with Gasteiger partial charge in [0, 0.05) is 5.39 Å². The second-order valence-electron chi connectivity index (χ2n) is 9.18. The van der Waals surface area contributed by atoms with Gasteiger partial charge in [-0.2, -0.15) is 0 Å². The van der Waals surface area contributed by atoms with Crippen molar-refractivity contribution < 1.29 is 33.3 Å². The van der Waals surface area contributed by atoms with E-state index in [4.69, 9.17) is 23.7 Å². The lowest BCUT2D eigenvalue weighted by atomic mass is 10.0. The highest BCUT2D eigenvalue weighted by Gasteiger charge is 2.23. The minimum absolute atomic E-state index is 0.0222. The van der Waals surface area contributed by atoms with Gasteiger partial charge in [-0.15, -0.1) is 0 Å². The molecule has 0 radical (unpaired) electrons. The molecule has 1 N–H and O–H groups in total. The maximum atomic E-state index is 12.5. The standard InChI is InChI=1S/C28H33NO7/c1-28(2,3)36-27(31)29-21(17-34-16-19-9-7-6-8-10-19)18-35-25-23(26(30)33-5)14-12-20-11-13-22(32-4)15-24(20)25/h6-15,21H,16-18H2,1-5H3,(H,29,31). The zero-order valence-electron chi connectivity index (χ0n) is 21.3. The zero-order valence-corrected chi connectivity index (χ0v) is 21.3. The molecule has 0 spiro atoms. The van der Waals surface area contributed by atoms with E-state index in [2.05, 4.69) is 5.32 Å². The summed E-state index contributed by atoms with van der Waals surface area (Å²) in [6.45, 7) is 5.92. The summed E-state index contributed by atoms with van der Waals surface area (Å²) in [6.07, 6.45) is -0.591. The smallest absolute Gasteiger partial charge is 0.408 e. The Morgan fingerprint density at radius 2 is 1.67 bits per heavy atom. The van der Waals surface area contributed by atoms with Crippen LogP contribution in [0.3, 0.4) is 0 Å². The Morgan fingerprint density at radius 3 is 2.33 bits per heavy atom. The van der Waals surface area contributed by atoms with Crippen LogP contribution in [-0.2, 0) is 20.8 Å². The Bertz CT molecular complexity index is 1170. The summed E-state index contributed by atoms with van der Waals surface area (Å²) in [4.78, 5) is 25.0. The topological polar surface area (TPSA) is 92.3 Å². The van der Waals surface area contributed by atoms with Gasteiger partial charge in [-0.3, -0.25) is 0 Å². The fourth-order valence-corrected chi connectivity index (χ4v) is 3.51. The molecule has 0 aliphatic heterocycles. The molecule has 0 saturated carbocycles. The number of fused-ring (bicyclic) bond motifs is 1. The van der Waals surface area contributed by atoms with Crippen molar-refractivity contribution >= 4 is 22.8 Å². The molecule has 1 unspecified atom stereocenters. The Labute approximate surface area is 211 Å². The van der Waals surface area contributed by atoms with Crippen molar-refractivity contribution in [3.8, 4) is 11.5 Å². The van der Waals surface area contributed by atoms with Gasteiger partial charge in [0.2, 0.25) is 0 Å². The molecule has 0 aromatic heterocycles. The third-order valence-corrected chi connectivity index (χ3v) is 5.16. The number of amides is 1. The quantitative estimate of drug-likeness (QED) is 0.390. The minimum atomic E-state index is -0.662. The average Bonchev–Trinajstić information content (AvgIpc) is 2.85. The van der Waals surface area contributed by atoms with Gasteiger partial charge in [-0.05, 0) is 49.9 Å². The van der Waals surface area contributed by atoms with Gasteiger partial charge in [0.05, 0.1) is 33.5 Å². The van der Waals surface area contributed by atoms with E-state index < -0.39 is 23.7 Å². The van der Waals surface area contributed by atoms with E-state index in [1.807, 2.05) is 48.5 Å². The molecule has 0 bridgehead atoms. The van der Waals surface area contributed by atoms with Crippen molar-refractivity contribution in [2.45, 2.75) is 39.0 Å². The average molecular weight is 496 g/mol. The number of hydrogen-bond donors (Lipinski definition) is 1. The van der Waals surface area contributed by atoms with Crippen LogP contribution in [0.5, 0.6) is 11.5 Å². The summed E-state index contributed by atoms with van der Waals surface area (Å²) in [5.41, 5.74) is 0.605. The van der Waals surface area contributed by atoms with Crippen LogP contribution < -0.4 is 14.8 Å². The van der Waals surface area contributed by atoms with E-state index in [1.54, 1.807) is 40.0 Å². The van der Waals surface area contributed by atoms with E-state index in [1.165, 1.54) is 7.11 Å². The van der Waals surface area contributed by atoms with Crippen LogP contribution >= 0.6 is 0 Å². The van der Waals surface area contributed by atoms with Crippen LogP contribution in [0.4, 0.5) is 4.79 Å². The van der Waals surface area contributed by atoms with Crippen molar-refractivity contribution in [2.24, 2.45) is 0 Å². The molecular weight excluding hydrogens is 462 g/mol. The predicted molar refractivity (Wildman–Crippen MR) is 137 cm³/mol. The third kappa shape index (κ3) is 7.61. The van der Waals surface area contributed by atoms with Crippen LogP contribution in [0.15, 0.2) is 60.7 Å². The molecule has 0 heterocycles. The molecule has 8 heteroatoms. The molecule has 0 aliphatic carbocycles. The van der Waals surface area contributed by atoms with Crippen LogP contribution in [0.1, 0.15) is 36.7 Å². The van der Waals surface area contributed by atoms with E-state index in [9.17, 15) is 9.59 Å². The maximum Gasteiger partial charge on any atom is 0.408 e. The summed E-state index contributed by atoms with van der Waals surface area (Å²) >= 11 is 0. The minimum Gasteiger partial charge on any atom is -0.497 e. The van der Waals surface area contributed by atoms with Crippen molar-refractivity contribution in [3.05, 3.63) is 71.8 Å².